The van der Waals surface area contributed by atoms with Crippen molar-refractivity contribution in [3.8, 4) is 22.8 Å². The Balaban J connectivity index is 1.46. The van der Waals surface area contributed by atoms with Gasteiger partial charge in [-0.05, 0) is 82.7 Å². The average Bonchev–Trinajstić information content (AvgIpc) is 2.89. The minimum absolute atomic E-state index is 0.120. The van der Waals surface area contributed by atoms with Crippen LogP contribution in [0.15, 0.2) is 59.8 Å². The summed E-state index contributed by atoms with van der Waals surface area (Å²) in [5.41, 5.74) is 4.04. The third-order valence-corrected chi connectivity index (χ3v) is 6.79. The monoisotopic (exact) mass is 507 g/mol. The predicted octanol–water partition coefficient (Wildman–Crippen LogP) is 9.01. The van der Waals surface area contributed by atoms with Crippen LogP contribution in [0.4, 0.5) is 4.39 Å². The Labute approximate surface area is 222 Å². The van der Waals surface area contributed by atoms with Crippen molar-refractivity contribution in [2.45, 2.75) is 91.4 Å². The summed E-state index contributed by atoms with van der Waals surface area (Å²) in [5.74, 6) is -0.0563. The first-order valence-electron chi connectivity index (χ1n) is 13.9. The zero-order valence-corrected chi connectivity index (χ0v) is 22.7. The van der Waals surface area contributed by atoms with E-state index in [1.54, 1.807) is 24.3 Å². The van der Waals surface area contributed by atoms with Gasteiger partial charge in [-0.2, -0.15) is 0 Å². The molecule has 37 heavy (non-hydrogen) atoms. The van der Waals surface area contributed by atoms with Crippen molar-refractivity contribution >= 4 is 5.97 Å². The van der Waals surface area contributed by atoms with E-state index in [0.717, 1.165) is 44.9 Å². The lowest BCUT2D eigenvalue weighted by atomic mass is 9.88. The minimum Gasteiger partial charge on any atom is -0.491 e. The number of rotatable bonds is 14. The number of benzene rings is 1. The van der Waals surface area contributed by atoms with E-state index in [1.807, 2.05) is 0 Å². The van der Waals surface area contributed by atoms with E-state index in [4.69, 9.17) is 9.47 Å². The Hall–Kier alpha value is -2.95. The summed E-state index contributed by atoms with van der Waals surface area (Å²) >= 11 is 0. The summed E-state index contributed by atoms with van der Waals surface area (Å²) in [4.78, 5) is 17.0. The first-order chi connectivity index (χ1) is 18.0. The SMILES string of the molecule is CCCCCCCCOc1ccc(-c2ccc(OC(=O)C3CC=C(CCC=C(C)C)CC3)cn2)cc1F. The fourth-order valence-electron chi connectivity index (χ4n) is 4.53. The molecule has 0 N–H and O–H groups in total. The van der Waals surface area contributed by atoms with Gasteiger partial charge >= 0.3 is 5.97 Å². The van der Waals surface area contributed by atoms with E-state index < -0.39 is 5.82 Å². The van der Waals surface area contributed by atoms with Crippen LogP contribution in [-0.2, 0) is 4.79 Å². The van der Waals surface area contributed by atoms with Crippen molar-refractivity contribution in [3.05, 3.63) is 65.6 Å². The number of hydrogen-bond acceptors (Lipinski definition) is 4. The number of aromatic nitrogens is 1. The Bertz CT molecular complexity index is 1050. The molecule has 0 saturated heterocycles. The Morgan fingerprint density at radius 2 is 1.92 bits per heavy atom. The largest absolute Gasteiger partial charge is 0.491 e. The quantitative estimate of drug-likeness (QED) is 0.145. The van der Waals surface area contributed by atoms with Crippen LogP contribution in [0.25, 0.3) is 11.3 Å². The molecule has 0 fully saturated rings. The summed E-state index contributed by atoms with van der Waals surface area (Å²) in [6, 6.07) is 8.36. The second kappa shape index (κ2) is 15.3. The standard InChI is InChI=1S/C32H42FNO3/c1-4-5-6-7-8-9-21-36-31-20-17-27(22-29(31)33)30-19-18-28(23-34-30)37-32(35)26-15-13-25(14-16-26)12-10-11-24(2)3/h11,13,17-20,22-23,26H,4-10,12,14-16,21H2,1-3H3. The summed E-state index contributed by atoms with van der Waals surface area (Å²) in [5, 5.41) is 0. The molecule has 200 valence electrons. The number of unbranched alkanes of at least 4 members (excludes halogenated alkanes) is 5. The van der Waals surface area contributed by atoms with Crippen molar-refractivity contribution in [2.75, 3.05) is 6.61 Å². The molecule has 0 amide bonds. The van der Waals surface area contributed by atoms with Gasteiger partial charge in [0, 0.05) is 5.56 Å². The molecule has 0 bridgehead atoms. The summed E-state index contributed by atoms with van der Waals surface area (Å²) in [6.07, 6.45) is 17.6. The highest BCUT2D eigenvalue weighted by molar-refractivity contribution is 5.75. The van der Waals surface area contributed by atoms with Gasteiger partial charge in [0.15, 0.2) is 11.6 Å². The van der Waals surface area contributed by atoms with Crippen LogP contribution in [0.3, 0.4) is 0 Å². The topological polar surface area (TPSA) is 48.4 Å². The van der Waals surface area contributed by atoms with E-state index >= 15 is 0 Å². The fourth-order valence-corrected chi connectivity index (χ4v) is 4.53. The zero-order valence-electron chi connectivity index (χ0n) is 22.7. The van der Waals surface area contributed by atoms with Gasteiger partial charge in [-0.15, -0.1) is 0 Å². The average molecular weight is 508 g/mol. The van der Waals surface area contributed by atoms with Gasteiger partial charge in [-0.1, -0.05) is 62.3 Å². The number of allylic oxidation sites excluding steroid dienone is 4. The molecule has 1 unspecified atom stereocenters. The van der Waals surface area contributed by atoms with Gasteiger partial charge < -0.3 is 9.47 Å². The molecule has 1 aliphatic carbocycles. The Kier molecular flexibility index (Phi) is 11.9. The Morgan fingerprint density at radius 1 is 1.11 bits per heavy atom. The third-order valence-electron chi connectivity index (χ3n) is 6.79. The second-order valence-electron chi connectivity index (χ2n) is 10.2. The lowest BCUT2D eigenvalue weighted by Gasteiger charge is -2.20. The molecule has 1 atom stereocenters. The molecule has 2 aromatic rings. The lowest BCUT2D eigenvalue weighted by Crippen LogP contribution is -2.22. The summed E-state index contributed by atoms with van der Waals surface area (Å²) < 4.78 is 25.8. The molecule has 1 aliphatic rings. The number of carbonyl (C=O) groups is 1. The molecule has 0 radical (unpaired) electrons. The summed E-state index contributed by atoms with van der Waals surface area (Å²) in [7, 11) is 0. The number of carbonyl (C=O) groups excluding carboxylic acids is 1. The molecule has 1 aromatic heterocycles. The molecular formula is C32H42FNO3. The molecule has 0 saturated carbocycles. The maximum absolute atomic E-state index is 14.6. The van der Waals surface area contributed by atoms with E-state index in [1.165, 1.54) is 49.1 Å². The first-order valence-corrected chi connectivity index (χ1v) is 13.9. The third kappa shape index (κ3) is 9.79. The van der Waals surface area contributed by atoms with Crippen molar-refractivity contribution in [1.82, 2.24) is 4.98 Å². The molecular weight excluding hydrogens is 465 g/mol. The Morgan fingerprint density at radius 3 is 2.59 bits per heavy atom. The maximum atomic E-state index is 14.6. The molecule has 0 spiro atoms. The highest BCUT2D eigenvalue weighted by Crippen LogP contribution is 2.29. The molecule has 4 nitrogen and oxygen atoms in total. The normalized spacial score (nSPS) is 15.1. The zero-order chi connectivity index (χ0) is 26.5. The molecule has 3 rings (SSSR count). The maximum Gasteiger partial charge on any atom is 0.314 e. The summed E-state index contributed by atoms with van der Waals surface area (Å²) in [6.45, 7) is 6.95. The van der Waals surface area contributed by atoms with Gasteiger partial charge in [0.05, 0.1) is 24.4 Å². The van der Waals surface area contributed by atoms with Crippen LogP contribution in [0.5, 0.6) is 11.5 Å². The fraction of sp³-hybridized carbons (Fsp3) is 0.500. The van der Waals surface area contributed by atoms with Crippen LogP contribution in [0.2, 0.25) is 0 Å². The van der Waals surface area contributed by atoms with Gasteiger partial charge in [0.1, 0.15) is 5.75 Å². The van der Waals surface area contributed by atoms with Crippen molar-refractivity contribution in [1.29, 1.82) is 0 Å². The highest BCUT2D eigenvalue weighted by atomic mass is 19.1. The number of hydrogen-bond donors (Lipinski definition) is 0. The van der Waals surface area contributed by atoms with E-state index in [2.05, 4.69) is 37.9 Å². The number of ether oxygens (including phenoxy) is 2. The number of halogens is 1. The van der Waals surface area contributed by atoms with Crippen LogP contribution < -0.4 is 9.47 Å². The van der Waals surface area contributed by atoms with Crippen LogP contribution >= 0.6 is 0 Å². The van der Waals surface area contributed by atoms with E-state index in [-0.39, 0.29) is 17.6 Å². The van der Waals surface area contributed by atoms with Gasteiger partial charge in [0.25, 0.3) is 0 Å². The number of esters is 1. The smallest absolute Gasteiger partial charge is 0.314 e. The number of pyridine rings is 1. The van der Waals surface area contributed by atoms with E-state index in [0.29, 0.717) is 23.6 Å². The van der Waals surface area contributed by atoms with Crippen LogP contribution in [0, 0.1) is 11.7 Å². The van der Waals surface area contributed by atoms with E-state index in [9.17, 15) is 9.18 Å². The van der Waals surface area contributed by atoms with Gasteiger partial charge in [-0.25, -0.2) is 4.39 Å². The van der Waals surface area contributed by atoms with Crippen LogP contribution in [0.1, 0.15) is 91.4 Å². The van der Waals surface area contributed by atoms with Gasteiger partial charge in [0.2, 0.25) is 0 Å². The van der Waals surface area contributed by atoms with Crippen molar-refractivity contribution in [3.63, 3.8) is 0 Å². The highest BCUT2D eigenvalue weighted by Gasteiger charge is 2.23. The number of nitrogens with zero attached hydrogens (tertiary/aromatic N) is 1. The lowest BCUT2D eigenvalue weighted by molar-refractivity contribution is -0.139. The van der Waals surface area contributed by atoms with Crippen LogP contribution in [-0.4, -0.2) is 17.6 Å². The molecule has 0 aliphatic heterocycles. The minimum atomic E-state index is -0.397. The molecule has 1 aromatic carbocycles. The van der Waals surface area contributed by atoms with Crippen molar-refractivity contribution < 1.29 is 18.7 Å². The van der Waals surface area contributed by atoms with Crippen molar-refractivity contribution in [2.24, 2.45) is 5.92 Å². The molecule has 1 heterocycles. The first kappa shape index (κ1) is 28.6. The van der Waals surface area contributed by atoms with Gasteiger partial charge in [-0.3, -0.25) is 9.78 Å². The molecule has 5 heteroatoms. The second-order valence-corrected chi connectivity index (χ2v) is 10.2. The predicted molar refractivity (Wildman–Crippen MR) is 148 cm³/mol.